The van der Waals surface area contributed by atoms with E-state index in [9.17, 15) is 4.79 Å². The minimum absolute atomic E-state index is 0.0920. The number of hydrogen-bond acceptors (Lipinski definition) is 5. The number of nitrogens with one attached hydrogen (secondary N) is 2. The predicted molar refractivity (Wildman–Crippen MR) is 69.2 cm³/mol. The first-order chi connectivity index (χ1) is 8.69. The number of rotatable bonds is 4. The molecule has 0 aromatic carbocycles. The average molecular weight is 271 g/mol. The van der Waals surface area contributed by atoms with E-state index < -0.39 is 0 Å². The van der Waals surface area contributed by atoms with Gasteiger partial charge in [-0.1, -0.05) is 11.3 Å². The molecule has 0 radical (unpaired) electrons. The molecule has 0 saturated carbocycles. The standard InChI is InChI=1S/C11H17N3O3S/c1-7(8-3-4-17-6-8)13-10(15)14-11-12-5-9(16-2)18-11/h5,7-8H,3-4,6H2,1-2H3,(H2,12,13,14,15). The van der Waals surface area contributed by atoms with Crippen LogP contribution in [-0.4, -0.2) is 37.4 Å². The summed E-state index contributed by atoms with van der Waals surface area (Å²) in [4.78, 5) is 15.8. The van der Waals surface area contributed by atoms with Gasteiger partial charge in [0.05, 0.1) is 19.9 Å². The largest absolute Gasteiger partial charge is 0.486 e. The topological polar surface area (TPSA) is 72.5 Å². The van der Waals surface area contributed by atoms with Crippen LogP contribution in [0.1, 0.15) is 13.3 Å². The number of anilines is 1. The molecule has 6 nitrogen and oxygen atoms in total. The van der Waals surface area contributed by atoms with Crippen molar-refractivity contribution >= 4 is 22.5 Å². The molecule has 1 fully saturated rings. The number of thiazole rings is 1. The molecule has 1 aromatic heterocycles. The predicted octanol–water partition coefficient (Wildman–Crippen LogP) is 1.70. The molecule has 1 aliphatic rings. The lowest BCUT2D eigenvalue weighted by Gasteiger charge is -2.18. The second-order valence-electron chi connectivity index (χ2n) is 4.20. The molecular weight excluding hydrogens is 254 g/mol. The van der Waals surface area contributed by atoms with Crippen LogP contribution in [0.25, 0.3) is 0 Å². The maximum atomic E-state index is 11.7. The van der Waals surface area contributed by atoms with Gasteiger partial charge >= 0.3 is 6.03 Å². The van der Waals surface area contributed by atoms with E-state index in [2.05, 4.69) is 15.6 Å². The maximum Gasteiger partial charge on any atom is 0.321 e. The van der Waals surface area contributed by atoms with Crippen LogP contribution < -0.4 is 15.4 Å². The molecule has 2 heterocycles. The van der Waals surface area contributed by atoms with Crippen LogP contribution in [0.4, 0.5) is 9.93 Å². The number of carbonyl (C=O) groups excluding carboxylic acids is 1. The summed E-state index contributed by atoms with van der Waals surface area (Å²) in [5.41, 5.74) is 0. The molecule has 18 heavy (non-hydrogen) atoms. The Morgan fingerprint density at radius 1 is 1.72 bits per heavy atom. The van der Waals surface area contributed by atoms with E-state index in [0.29, 0.717) is 22.7 Å². The van der Waals surface area contributed by atoms with Gasteiger partial charge in [-0.15, -0.1) is 0 Å². The van der Waals surface area contributed by atoms with Crippen molar-refractivity contribution in [3.05, 3.63) is 6.20 Å². The van der Waals surface area contributed by atoms with Crippen molar-refractivity contribution in [3.63, 3.8) is 0 Å². The third-order valence-corrected chi connectivity index (χ3v) is 3.81. The highest BCUT2D eigenvalue weighted by molar-refractivity contribution is 7.17. The highest BCUT2D eigenvalue weighted by atomic mass is 32.1. The fourth-order valence-electron chi connectivity index (χ4n) is 1.82. The molecule has 0 aliphatic carbocycles. The molecule has 2 atom stereocenters. The number of methoxy groups -OCH3 is 1. The number of nitrogens with zero attached hydrogens (tertiary/aromatic N) is 1. The zero-order valence-electron chi connectivity index (χ0n) is 10.4. The van der Waals surface area contributed by atoms with Crippen molar-refractivity contribution in [2.45, 2.75) is 19.4 Å². The molecule has 2 unspecified atom stereocenters. The smallest absolute Gasteiger partial charge is 0.321 e. The molecule has 1 saturated heterocycles. The molecule has 2 N–H and O–H groups in total. The van der Waals surface area contributed by atoms with Crippen LogP contribution in [0.5, 0.6) is 5.06 Å². The third kappa shape index (κ3) is 3.33. The summed E-state index contributed by atoms with van der Waals surface area (Å²) in [6.45, 7) is 3.48. The van der Waals surface area contributed by atoms with Crippen molar-refractivity contribution in [3.8, 4) is 5.06 Å². The summed E-state index contributed by atoms with van der Waals surface area (Å²) >= 11 is 1.29. The van der Waals surface area contributed by atoms with Gasteiger partial charge in [-0.25, -0.2) is 9.78 Å². The van der Waals surface area contributed by atoms with Gasteiger partial charge in [-0.2, -0.15) is 0 Å². The first-order valence-corrected chi connectivity index (χ1v) is 6.65. The number of aromatic nitrogens is 1. The Morgan fingerprint density at radius 3 is 3.17 bits per heavy atom. The van der Waals surface area contributed by atoms with E-state index in [1.165, 1.54) is 11.3 Å². The highest BCUT2D eigenvalue weighted by Crippen LogP contribution is 2.24. The number of ether oxygens (including phenoxy) is 2. The van der Waals surface area contributed by atoms with Gasteiger partial charge in [0.15, 0.2) is 10.2 Å². The van der Waals surface area contributed by atoms with Gasteiger partial charge in [-0.05, 0) is 13.3 Å². The van der Waals surface area contributed by atoms with Crippen molar-refractivity contribution in [2.75, 3.05) is 25.6 Å². The summed E-state index contributed by atoms with van der Waals surface area (Å²) in [7, 11) is 1.57. The zero-order valence-corrected chi connectivity index (χ0v) is 11.3. The van der Waals surface area contributed by atoms with Crippen molar-refractivity contribution in [2.24, 2.45) is 5.92 Å². The number of amides is 2. The van der Waals surface area contributed by atoms with Crippen LogP contribution in [0, 0.1) is 5.92 Å². The highest BCUT2D eigenvalue weighted by Gasteiger charge is 2.23. The Bertz CT molecular complexity index is 404. The maximum absolute atomic E-state index is 11.7. The van der Waals surface area contributed by atoms with Gasteiger partial charge in [-0.3, -0.25) is 5.32 Å². The van der Waals surface area contributed by atoms with Gasteiger partial charge in [0, 0.05) is 18.6 Å². The first kappa shape index (κ1) is 13.1. The van der Waals surface area contributed by atoms with Crippen molar-refractivity contribution < 1.29 is 14.3 Å². The Labute approximate surface area is 110 Å². The van der Waals surface area contributed by atoms with E-state index >= 15 is 0 Å². The zero-order chi connectivity index (χ0) is 13.0. The lowest BCUT2D eigenvalue weighted by Crippen LogP contribution is -2.40. The summed E-state index contributed by atoms with van der Waals surface area (Å²) in [5.74, 6) is 0.390. The Balaban J connectivity index is 1.80. The van der Waals surface area contributed by atoms with Crippen molar-refractivity contribution in [1.82, 2.24) is 10.3 Å². The molecular formula is C11H17N3O3S. The van der Waals surface area contributed by atoms with Crippen LogP contribution in [0.15, 0.2) is 6.20 Å². The van der Waals surface area contributed by atoms with E-state index in [0.717, 1.165) is 13.0 Å². The minimum atomic E-state index is -0.244. The van der Waals surface area contributed by atoms with Gasteiger partial charge in [0.2, 0.25) is 0 Å². The lowest BCUT2D eigenvalue weighted by atomic mass is 10.0. The van der Waals surface area contributed by atoms with Gasteiger partial charge in [0.1, 0.15) is 0 Å². The second-order valence-corrected chi connectivity index (χ2v) is 5.19. The molecule has 0 bridgehead atoms. The van der Waals surface area contributed by atoms with Crippen LogP contribution in [0.3, 0.4) is 0 Å². The Morgan fingerprint density at radius 2 is 2.56 bits per heavy atom. The molecule has 2 rings (SSSR count). The monoisotopic (exact) mass is 271 g/mol. The average Bonchev–Trinajstić information content (AvgIpc) is 2.98. The summed E-state index contributed by atoms with van der Waals surface area (Å²) < 4.78 is 10.3. The van der Waals surface area contributed by atoms with Crippen LogP contribution in [-0.2, 0) is 4.74 Å². The Kier molecular flexibility index (Phi) is 4.38. The third-order valence-electron chi connectivity index (χ3n) is 2.94. The number of carbonyl (C=O) groups is 1. The summed E-state index contributed by atoms with van der Waals surface area (Å²) in [5, 5.41) is 6.78. The fourth-order valence-corrected chi connectivity index (χ4v) is 2.44. The molecule has 2 amide bonds. The molecule has 1 aromatic rings. The molecule has 1 aliphatic heterocycles. The summed E-state index contributed by atoms with van der Waals surface area (Å²) in [6, 6.07) is -0.152. The molecule has 7 heteroatoms. The van der Waals surface area contributed by atoms with Crippen LogP contribution >= 0.6 is 11.3 Å². The second kappa shape index (κ2) is 6.01. The lowest BCUT2D eigenvalue weighted by molar-refractivity contribution is 0.178. The number of hydrogen-bond donors (Lipinski definition) is 2. The van der Waals surface area contributed by atoms with Crippen molar-refractivity contribution in [1.29, 1.82) is 0 Å². The fraction of sp³-hybridized carbons (Fsp3) is 0.636. The normalized spacial score (nSPS) is 20.4. The van der Waals surface area contributed by atoms with Gasteiger partial charge in [0.25, 0.3) is 0 Å². The molecule has 0 spiro atoms. The van der Waals surface area contributed by atoms with E-state index in [1.807, 2.05) is 6.92 Å². The summed E-state index contributed by atoms with van der Waals surface area (Å²) in [6.07, 6.45) is 2.57. The van der Waals surface area contributed by atoms with Gasteiger partial charge < -0.3 is 14.8 Å². The van der Waals surface area contributed by atoms with E-state index in [1.54, 1.807) is 13.3 Å². The van der Waals surface area contributed by atoms with Crippen LogP contribution in [0.2, 0.25) is 0 Å². The van der Waals surface area contributed by atoms with E-state index in [4.69, 9.17) is 9.47 Å². The Hall–Kier alpha value is -1.34. The molecule has 100 valence electrons. The SMILES string of the molecule is COc1cnc(NC(=O)NC(C)C2CCOC2)s1. The quantitative estimate of drug-likeness (QED) is 0.874. The van der Waals surface area contributed by atoms with E-state index in [-0.39, 0.29) is 12.1 Å². The minimum Gasteiger partial charge on any atom is -0.486 e. The number of urea groups is 1. The first-order valence-electron chi connectivity index (χ1n) is 5.84.